The summed E-state index contributed by atoms with van der Waals surface area (Å²) in [7, 11) is 0. The van der Waals surface area contributed by atoms with Gasteiger partial charge in [-0.25, -0.2) is 0 Å². The maximum Gasteiger partial charge on any atom is 0.0776 e. The van der Waals surface area contributed by atoms with Crippen LogP contribution in [0, 0.1) is 0 Å². The first kappa shape index (κ1) is 12.4. The number of aromatic nitrogens is 2. The lowest BCUT2D eigenvalue weighted by Gasteiger charge is -2.14. The van der Waals surface area contributed by atoms with E-state index in [9.17, 15) is 0 Å². The summed E-state index contributed by atoms with van der Waals surface area (Å²) < 4.78 is 8.22. The third kappa shape index (κ3) is 2.58. The predicted molar refractivity (Wildman–Crippen MR) is 78.7 cm³/mol. The quantitative estimate of drug-likeness (QED) is 0.907. The maximum atomic E-state index is 6.14. The second-order valence-electron chi connectivity index (χ2n) is 6.03. The van der Waals surface area contributed by atoms with E-state index in [1.54, 1.807) is 0 Å². The van der Waals surface area contributed by atoms with Gasteiger partial charge in [0.05, 0.1) is 30.5 Å². The minimum atomic E-state index is 0.310. The molecule has 2 fully saturated rings. The fraction of sp³-hybridized carbons (Fsp3) is 0.562. The molecule has 1 N–H and O–H groups in total. The second-order valence-corrected chi connectivity index (χ2v) is 6.03. The minimum absolute atomic E-state index is 0.310. The van der Waals surface area contributed by atoms with E-state index in [0.29, 0.717) is 12.2 Å². The Kier molecular flexibility index (Phi) is 3.20. The van der Waals surface area contributed by atoms with Crippen molar-refractivity contribution in [3.63, 3.8) is 0 Å². The Morgan fingerprint density at radius 2 is 2.00 bits per heavy atom. The number of hydrogen-bond acceptors (Lipinski definition) is 3. The summed E-state index contributed by atoms with van der Waals surface area (Å²) in [5.41, 5.74) is 1.20. The largest absolute Gasteiger partial charge is 0.372 e. The first-order valence-corrected chi connectivity index (χ1v) is 7.68. The molecule has 1 aliphatic heterocycles. The first-order valence-electron chi connectivity index (χ1n) is 7.68. The molecule has 0 amide bonds. The van der Waals surface area contributed by atoms with Crippen LogP contribution in [0.15, 0.2) is 30.5 Å². The molecule has 2 unspecified atom stereocenters. The van der Waals surface area contributed by atoms with E-state index in [2.05, 4.69) is 39.4 Å². The van der Waals surface area contributed by atoms with E-state index in [1.807, 2.05) is 6.20 Å². The van der Waals surface area contributed by atoms with Gasteiger partial charge in [-0.2, -0.15) is 5.10 Å². The molecule has 0 radical (unpaired) electrons. The van der Waals surface area contributed by atoms with Crippen molar-refractivity contribution in [2.24, 2.45) is 0 Å². The molecule has 0 spiro atoms. The summed E-state index contributed by atoms with van der Waals surface area (Å²) in [5, 5.41) is 9.26. The molecule has 2 atom stereocenters. The van der Waals surface area contributed by atoms with E-state index in [4.69, 9.17) is 4.74 Å². The van der Waals surface area contributed by atoms with Gasteiger partial charge in [0.25, 0.3) is 0 Å². The second kappa shape index (κ2) is 5.19. The van der Waals surface area contributed by atoms with Crippen molar-refractivity contribution in [2.45, 2.75) is 50.5 Å². The number of ether oxygens (including phenoxy) is 1. The number of fused-ring (bicyclic) bond motifs is 1. The summed E-state index contributed by atoms with van der Waals surface area (Å²) in [6, 6.07) is 9.13. The topological polar surface area (TPSA) is 39.1 Å². The monoisotopic (exact) mass is 271 g/mol. The van der Waals surface area contributed by atoms with Crippen molar-refractivity contribution < 1.29 is 4.74 Å². The van der Waals surface area contributed by atoms with Crippen LogP contribution in [0.2, 0.25) is 0 Å². The summed E-state index contributed by atoms with van der Waals surface area (Å²) in [5.74, 6) is 0. The average Bonchev–Trinajstić information content (AvgIpc) is 3.06. The lowest BCUT2D eigenvalue weighted by molar-refractivity contribution is 0.0347. The molecule has 4 rings (SSSR count). The van der Waals surface area contributed by atoms with Crippen molar-refractivity contribution in [3.8, 4) is 0 Å². The molecule has 1 aromatic heterocycles. The fourth-order valence-electron chi connectivity index (χ4n) is 3.01. The highest BCUT2D eigenvalue weighted by molar-refractivity contribution is 5.78. The Morgan fingerprint density at radius 3 is 2.90 bits per heavy atom. The molecule has 2 aromatic rings. The highest BCUT2D eigenvalue weighted by Crippen LogP contribution is 2.24. The number of rotatable bonds is 5. The number of hydrogen-bond donors (Lipinski definition) is 1. The number of nitrogens with zero attached hydrogens (tertiary/aromatic N) is 2. The van der Waals surface area contributed by atoms with Gasteiger partial charge in [0.1, 0.15) is 0 Å². The zero-order chi connectivity index (χ0) is 13.4. The van der Waals surface area contributed by atoms with Crippen LogP contribution in [0.25, 0.3) is 10.9 Å². The molecule has 4 heteroatoms. The van der Waals surface area contributed by atoms with E-state index >= 15 is 0 Å². The van der Waals surface area contributed by atoms with Crippen LogP contribution in [-0.2, 0) is 11.3 Å². The molecular formula is C16H21N3O. The molecule has 1 aliphatic carbocycles. The maximum absolute atomic E-state index is 6.14. The normalized spacial score (nSPS) is 26.4. The van der Waals surface area contributed by atoms with E-state index in [0.717, 1.165) is 25.6 Å². The third-order valence-electron chi connectivity index (χ3n) is 4.33. The third-order valence-corrected chi connectivity index (χ3v) is 4.33. The van der Waals surface area contributed by atoms with Crippen molar-refractivity contribution in [1.29, 1.82) is 0 Å². The van der Waals surface area contributed by atoms with E-state index < -0.39 is 0 Å². The predicted octanol–water partition coefficient (Wildman–Crippen LogP) is 2.34. The van der Waals surface area contributed by atoms with Gasteiger partial charge in [-0.3, -0.25) is 4.68 Å². The fourth-order valence-corrected chi connectivity index (χ4v) is 3.01. The first-order chi connectivity index (χ1) is 9.88. The summed E-state index contributed by atoms with van der Waals surface area (Å²) in [4.78, 5) is 0. The number of nitrogens with one attached hydrogen (secondary N) is 1. The van der Waals surface area contributed by atoms with Gasteiger partial charge in [-0.05, 0) is 31.7 Å². The van der Waals surface area contributed by atoms with Crippen LogP contribution in [-0.4, -0.2) is 34.6 Å². The van der Waals surface area contributed by atoms with Crippen LogP contribution >= 0.6 is 0 Å². The molecule has 1 saturated heterocycles. The molecule has 106 valence electrons. The number of benzene rings is 1. The molecule has 1 aromatic carbocycles. The summed E-state index contributed by atoms with van der Waals surface area (Å²) in [6.07, 6.45) is 7.64. The van der Waals surface area contributed by atoms with Gasteiger partial charge in [0, 0.05) is 18.0 Å². The van der Waals surface area contributed by atoms with Crippen LogP contribution < -0.4 is 5.32 Å². The van der Waals surface area contributed by atoms with Crippen molar-refractivity contribution in [1.82, 2.24) is 15.1 Å². The SMILES string of the molecule is c1ccc2c(c1)cnn2CC1CCC(CNC2CC2)O1. The Bertz CT molecular complexity index is 590. The summed E-state index contributed by atoms with van der Waals surface area (Å²) in [6.45, 7) is 1.88. The highest BCUT2D eigenvalue weighted by atomic mass is 16.5. The Morgan fingerprint density at radius 1 is 1.15 bits per heavy atom. The highest BCUT2D eigenvalue weighted by Gasteiger charge is 2.28. The van der Waals surface area contributed by atoms with Crippen molar-refractivity contribution in [2.75, 3.05) is 6.54 Å². The smallest absolute Gasteiger partial charge is 0.0776 e. The summed E-state index contributed by atoms with van der Waals surface area (Å²) >= 11 is 0. The molecular weight excluding hydrogens is 250 g/mol. The van der Waals surface area contributed by atoms with Gasteiger partial charge >= 0.3 is 0 Å². The Hall–Kier alpha value is -1.39. The lowest BCUT2D eigenvalue weighted by Crippen LogP contribution is -2.29. The molecule has 0 bridgehead atoms. The average molecular weight is 271 g/mol. The molecule has 1 saturated carbocycles. The molecule has 2 heterocycles. The van der Waals surface area contributed by atoms with Crippen LogP contribution in [0.4, 0.5) is 0 Å². The van der Waals surface area contributed by atoms with Gasteiger partial charge in [-0.1, -0.05) is 18.2 Å². The van der Waals surface area contributed by atoms with Gasteiger partial charge in [-0.15, -0.1) is 0 Å². The van der Waals surface area contributed by atoms with Crippen molar-refractivity contribution >= 4 is 10.9 Å². The minimum Gasteiger partial charge on any atom is -0.372 e. The molecule has 4 nitrogen and oxygen atoms in total. The van der Waals surface area contributed by atoms with Crippen molar-refractivity contribution in [3.05, 3.63) is 30.5 Å². The Labute approximate surface area is 119 Å². The van der Waals surface area contributed by atoms with Gasteiger partial charge in [0.15, 0.2) is 0 Å². The van der Waals surface area contributed by atoms with Crippen LogP contribution in [0.1, 0.15) is 25.7 Å². The zero-order valence-electron chi connectivity index (χ0n) is 11.7. The van der Waals surface area contributed by atoms with E-state index in [-0.39, 0.29) is 0 Å². The van der Waals surface area contributed by atoms with Gasteiger partial charge < -0.3 is 10.1 Å². The zero-order valence-corrected chi connectivity index (χ0v) is 11.7. The molecule has 2 aliphatic rings. The van der Waals surface area contributed by atoms with Crippen LogP contribution in [0.3, 0.4) is 0 Å². The lowest BCUT2D eigenvalue weighted by atomic mass is 10.2. The van der Waals surface area contributed by atoms with Crippen LogP contribution in [0.5, 0.6) is 0 Å². The Balaban J connectivity index is 1.37. The number of para-hydroxylation sites is 1. The molecule has 20 heavy (non-hydrogen) atoms. The van der Waals surface area contributed by atoms with Gasteiger partial charge in [0.2, 0.25) is 0 Å². The van der Waals surface area contributed by atoms with E-state index in [1.165, 1.54) is 30.2 Å². The standard InChI is InChI=1S/C16H21N3O/c1-2-4-16-12(3-1)9-18-19(16)11-15-8-7-14(20-15)10-17-13-5-6-13/h1-4,9,13-15,17H,5-8,10-11H2.